The van der Waals surface area contributed by atoms with Gasteiger partial charge in [-0.25, -0.2) is 0 Å². The number of hydrogen-bond acceptors (Lipinski definition) is 5. The van der Waals surface area contributed by atoms with Crippen LogP contribution in [0.5, 0.6) is 11.5 Å². The minimum absolute atomic E-state index is 0.0606. The van der Waals surface area contributed by atoms with Gasteiger partial charge in [-0.3, -0.25) is 0 Å². The molecule has 2 N–H and O–H groups in total. The van der Waals surface area contributed by atoms with Crippen LogP contribution >= 0.6 is 0 Å². The molecule has 6 heteroatoms. The molecule has 76 valence electrons. The van der Waals surface area contributed by atoms with Crippen molar-refractivity contribution in [1.29, 1.82) is 5.26 Å². The lowest BCUT2D eigenvalue weighted by Gasteiger charge is -2.08. The third-order valence-electron chi connectivity index (χ3n) is 2.20. The lowest BCUT2D eigenvalue weighted by atomic mass is 9.75. The highest BCUT2D eigenvalue weighted by Crippen LogP contribution is 2.31. The molecule has 1 aliphatic rings. The Labute approximate surface area is 86.6 Å². The molecule has 0 saturated heterocycles. The van der Waals surface area contributed by atoms with Gasteiger partial charge in [-0.15, -0.1) is 0 Å². The van der Waals surface area contributed by atoms with E-state index in [0.717, 1.165) is 0 Å². The topological polar surface area (TPSA) is 82.7 Å². The van der Waals surface area contributed by atoms with Crippen molar-refractivity contribution < 1.29 is 19.5 Å². The van der Waals surface area contributed by atoms with Gasteiger partial charge in [-0.05, 0) is 11.6 Å². The summed E-state index contributed by atoms with van der Waals surface area (Å²) in [5, 5.41) is 27.0. The predicted molar refractivity (Wildman–Crippen MR) is 51.7 cm³/mol. The van der Waals surface area contributed by atoms with Gasteiger partial charge in [-0.1, -0.05) is 6.07 Å². The summed E-state index contributed by atoms with van der Waals surface area (Å²) in [6.07, 6.45) is 0.101. The van der Waals surface area contributed by atoms with Crippen molar-refractivity contribution in [2.24, 2.45) is 0 Å². The first kappa shape index (κ1) is 9.83. The normalized spacial score (nSPS) is 12.3. The molecule has 0 amide bonds. The number of nitriles is 1. The fraction of sp³-hybridized carbons (Fsp3) is 0.222. The fourth-order valence-electron chi connectivity index (χ4n) is 1.56. The third kappa shape index (κ3) is 1.63. The van der Waals surface area contributed by atoms with Crippen molar-refractivity contribution in [1.82, 2.24) is 0 Å². The van der Waals surface area contributed by atoms with Crippen molar-refractivity contribution in [3.63, 3.8) is 0 Å². The number of nitrogens with zero attached hydrogens (tertiary/aromatic N) is 1. The molecule has 0 saturated carbocycles. The summed E-state index contributed by atoms with van der Waals surface area (Å²) in [5.41, 5.74) is 0.753. The average Bonchev–Trinajstić information content (AvgIpc) is 2.64. The van der Waals surface area contributed by atoms with Crippen molar-refractivity contribution >= 4 is 12.6 Å². The van der Waals surface area contributed by atoms with Gasteiger partial charge in [0, 0.05) is 5.46 Å². The number of ether oxygens (including phenoxy) is 2. The molecule has 15 heavy (non-hydrogen) atoms. The third-order valence-corrected chi connectivity index (χ3v) is 2.20. The van der Waals surface area contributed by atoms with Gasteiger partial charge >= 0.3 is 7.12 Å². The lowest BCUT2D eigenvalue weighted by molar-refractivity contribution is 0.174. The van der Waals surface area contributed by atoms with Crippen molar-refractivity contribution in [2.75, 3.05) is 6.79 Å². The molecule has 2 rings (SSSR count). The van der Waals surface area contributed by atoms with Crippen molar-refractivity contribution in [2.45, 2.75) is 6.42 Å². The molecule has 0 bridgehead atoms. The Hall–Kier alpha value is -1.71. The van der Waals surface area contributed by atoms with Crippen LogP contribution in [0.3, 0.4) is 0 Å². The van der Waals surface area contributed by atoms with Gasteiger partial charge < -0.3 is 19.5 Å². The minimum atomic E-state index is -1.66. The average molecular weight is 205 g/mol. The Kier molecular flexibility index (Phi) is 2.50. The summed E-state index contributed by atoms with van der Waals surface area (Å²) in [6, 6.07) is 5.24. The Morgan fingerprint density at radius 1 is 1.40 bits per heavy atom. The highest BCUT2D eigenvalue weighted by atomic mass is 16.7. The zero-order valence-corrected chi connectivity index (χ0v) is 7.80. The van der Waals surface area contributed by atoms with Crippen LogP contribution in [0, 0.1) is 11.3 Å². The maximum atomic E-state index is 9.21. The summed E-state index contributed by atoms with van der Waals surface area (Å²) >= 11 is 0. The molecule has 1 aromatic rings. The molecule has 0 spiro atoms. The van der Waals surface area contributed by atoms with Crippen LogP contribution in [0.2, 0.25) is 0 Å². The van der Waals surface area contributed by atoms with Crippen LogP contribution in [0.15, 0.2) is 12.1 Å². The summed E-state index contributed by atoms with van der Waals surface area (Å²) < 4.78 is 10.2. The van der Waals surface area contributed by atoms with Gasteiger partial charge in [0.05, 0.1) is 12.5 Å². The van der Waals surface area contributed by atoms with E-state index in [1.807, 2.05) is 6.07 Å². The summed E-state index contributed by atoms with van der Waals surface area (Å²) in [7, 11) is -1.66. The van der Waals surface area contributed by atoms with Crippen LogP contribution in [-0.2, 0) is 6.42 Å². The van der Waals surface area contributed by atoms with Crippen LogP contribution in [0.1, 0.15) is 5.56 Å². The molecule has 1 aromatic carbocycles. The van der Waals surface area contributed by atoms with Gasteiger partial charge in [-0.2, -0.15) is 5.26 Å². The summed E-state index contributed by atoms with van der Waals surface area (Å²) in [4.78, 5) is 0. The standard InChI is InChI=1S/C9H8BNO4/c11-4-3-6-1-2-7-9(15-5-14-7)8(6)10(12)13/h1-2,12-13H,3,5H2. The molecule has 5 nitrogen and oxygen atoms in total. The zero-order chi connectivity index (χ0) is 10.8. The zero-order valence-electron chi connectivity index (χ0n) is 7.80. The molecule has 0 unspecified atom stereocenters. The lowest BCUT2D eigenvalue weighted by Crippen LogP contribution is -2.33. The van der Waals surface area contributed by atoms with E-state index >= 15 is 0 Å². The number of fused-ring (bicyclic) bond motifs is 1. The van der Waals surface area contributed by atoms with E-state index in [1.165, 1.54) is 0 Å². The maximum absolute atomic E-state index is 9.21. The van der Waals surface area contributed by atoms with E-state index in [2.05, 4.69) is 0 Å². The van der Waals surface area contributed by atoms with Gasteiger partial charge in [0.2, 0.25) is 6.79 Å². The Balaban J connectivity index is 2.54. The number of benzene rings is 1. The second-order valence-electron chi connectivity index (χ2n) is 3.08. The van der Waals surface area contributed by atoms with Crippen LogP contribution in [0.4, 0.5) is 0 Å². The Morgan fingerprint density at radius 2 is 2.20 bits per heavy atom. The van der Waals surface area contributed by atoms with E-state index in [9.17, 15) is 10.0 Å². The molecular weight excluding hydrogens is 197 g/mol. The molecule has 1 aliphatic heterocycles. The van der Waals surface area contributed by atoms with Gasteiger partial charge in [0.25, 0.3) is 0 Å². The molecule has 0 aromatic heterocycles. The molecule has 0 fully saturated rings. The molecule has 0 atom stereocenters. The van der Waals surface area contributed by atoms with E-state index in [0.29, 0.717) is 17.1 Å². The number of hydrogen-bond donors (Lipinski definition) is 2. The van der Waals surface area contributed by atoms with E-state index in [1.54, 1.807) is 12.1 Å². The predicted octanol–water partition coefficient (Wildman–Crippen LogP) is -0.839. The monoisotopic (exact) mass is 205 g/mol. The number of rotatable bonds is 2. The molecule has 0 radical (unpaired) electrons. The highest BCUT2D eigenvalue weighted by molar-refractivity contribution is 6.60. The van der Waals surface area contributed by atoms with Crippen LogP contribution < -0.4 is 14.9 Å². The SMILES string of the molecule is N#CCc1ccc2c(c1B(O)O)OCO2. The van der Waals surface area contributed by atoms with E-state index in [-0.39, 0.29) is 18.7 Å². The second kappa shape index (κ2) is 3.81. The largest absolute Gasteiger partial charge is 0.492 e. The maximum Gasteiger partial charge on any atom is 0.492 e. The van der Waals surface area contributed by atoms with Gasteiger partial charge in [0.15, 0.2) is 11.5 Å². The van der Waals surface area contributed by atoms with Crippen molar-refractivity contribution in [3.05, 3.63) is 17.7 Å². The minimum Gasteiger partial charge on any atom is -0.454 e. The molecular formula is C9H8BNO4. The van der Waals surface area contributed by atoms with Crippen molar-refractivity contribution in [3.8, 4) is 17.6 Å². The Morgan fingerprint density at radius 3 is 2.87 bits per heavy atom. The first-order valence-electron chi connectivity index (χ1n) is 4.38. The summed E-state index contributed by atoms with van der Waals surface area (Å²) in [6.45, 7) is 0.0606. The quantitative estimate of drug-likeness (QED) is 0.615. The first-order valence-corrected chi connectivity index (χ1v) is 4.38. The fourth-order valence-corrected chi connectivity index (χ4v) is 1.56. The van der Waals surface area contributed by atoms with Crippen LogP contribution in [-0.4, -0.2) is 24.0 Å². The smallest absolute Gasteiger partial charge is 0.454 e. The first-order chi connectivity index (χ1) is 7.24. The molecule has 1 heterocycles. The van der Waals surface area contributed by atoms with Crippen LogP contribution in [0.25, 0.3) is 0 Å². The Bertz CT molecular complexity index is 427. The molecule has 0 aliphatic carbocycles. The highest BCUT2D eigenvalue weighted by Gasteiger charge is 2.27. The van der Waals surface area contributed by atoms with E-state index < -0.39 is 7.12 Å². The summed E-state index contributed by atoms with van der Waals surface area (Å²) in [5.74, 6) is 0.789. The van der Waals surface area contributed by atoms with E-state index in [4.69, 9.17) is 14.7 Å². The second-order valence-corrected chi connectivity index (χ2v) is 3.08. The van der Waals surface area contributed by atoms with Gasteiger partial charge in [0.1, 0.15) is 0 Å².